The van der Waals surface area contributed by atoms with Crippen molar-refractivity contribution >= 4 is 11.6 Å². The predicted octanol–water partition coefficient (Wildman–Crippen LogP) is 2.81. The molecule has 4 heteroatoms. The number of amides is 1. The number of hydrogen-bond donors (Lipinski definition) is 2. The van der Waals surface area contributed by atoms with E-state index < -0.39 is 0 Å². The summed E-state index contributed by atoms with van der Waals surface area (Å²) >= 11 is 0. The number of ether oxygens (including phenoxy) is 1. The molecule has 1 heterocycles. The van der Waals surface area contributed by atoms with Gasteiger partial charge in [-0.05, 0) is 48.7 Å². The van der Waals surface area contributed by atoms with E-state index in [1.54, 1.807) is 7.11 Å². The maximum absolute atomic E-state index is 12.2. The van der Waals surface area contributed by atoms with E-state index in [4.69, 9.17) is 4.74 Å². The van der Waals surface area contributed by atoms with Gasteiger partial charge in [0.15, 0.2) is 0 Å². The first-order chi connectivity index (χ1) is 10.3. The van der Waals surface area contributed by atoms with Gasteiger partial charge in [0.25, 0.3) is 5.91 Å². The van der Waals surface area contributed by atoms with E-state index in [-0.39, 0.29) is 12.1 Å². The number of rotatable bonds is 3. The van der Waals surface area contributed by atoms with Gasteiger partial charge < -0.3 is 15.4 Å². The molecule has 2 aromatic rings. The predicted molar refractivity (Wildman–Crippen MR) is 82.6 cm³/mol. The number of nitrogens with one attached hydrogen (secondary N) is 2. The van der Waals surface area contributed by atoms with Crippen LogP contribution in [0.3, 0.4) is 0 Å². The molecule has 0 saturated heterocycles. The fourth-order valence-electron chi connectivity index (χ4n) is 2.54. The molecular weight excluding hydrogens is 264 g/mol. The van der Waals surface area contributed by atoms with Crippen molar-refractivity contribution in [3.63, 3.8) is 0 Å². The van der Waals surface area contributed by atoms with Gasteiger partial charge in [0, 0.05) is 11.3 Å². The lowest BCUT2D eigenvalue weighted by Crippen LogP contribution is -2.42. The molecule has 1 atom stereocenters. The lowest BCUT2D eigenvalue weighted by Gasteiger charge is -2.28. The van der Waals surface area contributed by atoms with E-state index in [9.17, 15) is 4.79 Å². The summed E-state index contributed by atoms with van der Waals surface area (Å²) in [5.41, 5.74) is 2.96. The second kappa shape index (κ2) is 5.87. The highest BCUT2D eigenvalue weighted by Gasteiger charge is 2.20. The van der Waals surface area contributed by atoms with Gasteiger partial charge in [0.2, 0.25) is 0 Å². The molecule has 0 saturated carbocycles. The lowest BCUT2D eigenvalue weighted by atomic mass is 10.0. The van der Waals surface area contributed by atoms with Crippen LogP contribution in [0.4, 0.5) is 5.69 Å². The fourth-order valence-corrected chi connectivity index (χ4v) is 2.54. The van der Waals surface area contributed by atoms with Crippen LogP contribution in [0, 0.1) is 0 Å². The summed E-state index contributed by atoms with van der Waals surface area (Å²) in [5, 5.41) is 6.38. The Bertz CT molecular complexity index is 640. The number of carbonyl (C=O) groups excluding carboxylic acids is 1. The lowest BCUT2D eigenvalue weighted by molar-refractivity contribution is 0.0939. The highest BCUT2D eigenvalue weighted by atomic mass is 16.5. The van der Waals surface area contributed by atoms with Crippen molar-refractivity contribution in [3.05, 3.63) is 59.7 Å². The summed E-state index contributed by atoms with van der Waals surface area (Å²) in [6.07, 6.45) is 1.73. The number of anilines is 1. The highest BCUT2D eigenvalue weighted by molar-refractivity contribution is 5.94. The molecule has 2 aromatic carbocycles. The fraction of sp³-hybridized carbons (Fsp3) is 0.235. The Labute approximate surface area is 124 Å². The molecule has 0 bridgehead atoms. The maximum atomic E-state index is 12.2. The van der Waals surface area contributed by atoms with Crippen LogP contribution < -0.4 is 15.4 Å². The molecule has 0 radical (unpaired) electrons. The van der Waals surface area contributed by atoms with Crippen LogP contribution in [-0.2, 0) is 6.42 Å². The molecule has 1 aliphatic rings. The Morgan fingerprint density at radius 3 is 2.81 bits per heavy atom. The highest BCUT2D eigenvalue weighted by Crippen LogP contribution is 2.27. The maximum Gasteiger partial charge on any atom is 0.252 e. The molecule has 0 aromatic heterocycles. The molecule has 1 aliphatic heterocycles. The summed E-state index contributed by atoms with van der Waals surface area (Å²) in [6.45, 7) is 0. The van der Waals surface area contributed by atoms with Crippen molar-refractivity contribution in [2.45, 2.75) is 19.0 Å². The van der Waals surface area contributed by atoms with Gasteiger partial charge in [-0.1, -0.05) is 18.2 Å². The van der Waals surface area contributed by atoms with E-state index >= 15 is 0 Å². The van der Waals surface area contributed by atoms with Crippen LogP contribution in [-0.4, -0.2) is 19.2 Å². The Morgan fingerprint density at radius 1 is 1.24 bits per heavy atom. The molecule has 1 unspecified atom stereocenters. The van der Waals surface area contributed by atoms with Crippen molar-refractivity contribution in [2.24, 2.45) is 0 Å². The standard InChI is InChI=1S/C17H18N2O2/c1-21-14-8-9-15-13(11-14)7-10-16(18-15)19-17(20)12-5-3-2-4-6-12/h2-6,8-9,11,16,18H,7,10H2,1H3,(H,19,20). The SMILES string of the molecule is COc1ccc2c(c1)CCC(NC(=O)c1ccccc1)N2. The normalized spacial score (nSPS) is 16.5. The largest absolute Gasteiger partial charge is 0.497 e. The first kappa shape index (κ1) is 13.5. The van der Waals surface area contributed by atoms with Gasteiger partial charge in [-0.25, -0.2) is 0 Å². The summed E-state index contributed by atoms with van der Waals surface area (Å²) in [4.78, 5) is 12.2. The van der Waals surface area contributed by atoms with Crippen molar-refractivity contribution in [1.82, 2.24) is 5.32 Å². The topological polar surface area (TPSA) is 50.4 Å². The molecule has 108 valence electrons. The summed E-state index contributed by atoms with van der Waals surface area (Å²) in [5.74, 6) is 0.812. The number of carbonyl (C=O) groups is 1. The molecule has 0 fully saturated rings. The van der Waals surface area contributed by atoms with Crippen molar-refractivity contribution in [3.8, 4) is 5.75 Å². The third-order valence-corrected chi connectivity index (χ3v) is 3.69. The third-order valence-electron chi connectivity index (χ3n) is 3.69. The van der Waals surface area contributed by atoms with Crippen molar-refractivity contribution < 1.29 is 9.53 Å². The summed E-state index contributed by atoms with van der Waals surface area (Å²) in [6, 6.07) is 15.2. The van der Waals surface area contributed by atoms with Gasteiger partial charge in [0.1, 0.15) is 5.75 Å². The van der Waals surface area contributed by atoms with Gasteiger partial charge in [-0.2, -0.15) is 0 Å². The number of methoxy groups -OCH3 is 1. The Kier molecular flexibility index (Phi) is 3.77. The number of fused-ring (bicyclic) bond motifs is 1. The number of benzene rings is 2. The molecule has 0 aliphatic carbocycles. The van der Waals surface area contributed by atoms with E-state index in [0.717, 1.165) is 24.3 Å². The smallest absolute Gasteiger partial charge is 0.252 e. The Balaban J connectivity index is 1.68. The number of aryl methyl sites for hydroxylation is 1. The zero-order valence-corrected chi connectivity index (χ0v) is 11.9. The Morgan fingerprint density at radius 2 is 2.05 bits per heavy atom. The van der Waals surface area contributed by atoms with Crippen LogP contribution in [0.2, 0.25) is 0 Å². The minimum Gasteiger partial charge on any atom is -0.497 e. The van der Waals surface area contributed by atoms with E-state index in [2.05, 4.69) is 10.6 Å². The molecule has 21 heavy (non-hydrogen) atoms. The molecule has 1 amide bonds. The minimum atomic E-state index is -0.0509. The van der Waals surface area contributed by atoms with Crippen molar-refractivity contribution in [2.75, 3.05) is 12.4 Å². The monoisotopic (exact) mass is 282 g/mol. The van der Waals surface area contributed by atoms with Gasteiger partial charge >= 0.3 is 0 Å². The van der Waals surface area contributed by atoms with E-state index in [0.29, 0.717) is 5.56 Å². The second-order valence-corrected chi connectivity index (χ2v) is 5.10. The van der Waals surface area contributed by atoms with Gasteiger partial charge in [0.05, 0.1) is 13.3 Å². The van der Waals surface area contributed by atoms with E-state index in [1.165, 1.54) is 5.56 Å². The van der Waals surface area contributed by atoms with Crippen LogP contribution in [0.5, 0.6) is 5.75 Å². The second-order valence-electron chi connectivity index (χ2n) is 5.10. The summed E-state index contributed by atoms with van der Waals surface area (Å²) in [7, 11) is 1.67. The van der Waals surface area contributed by atoms with Crippen LogP contribution in [0.15, 0.2) is 48.5 Å². The van der Waals surface area contributed by atoms with Crippen LogP contribution in [0.1, 0.15) is 22.3 Å². The van der Waals surface area contributed by atoms with Gasteiger partial charge in [-0.15, -0.1) is 0 Å². The molecule has 3 rings (SSSR count). The van der Waals surface area contributed by atoms with Crippen molar-refractivity contribution in [1.29, 1.82) is 0 Å². The zero-order chi connectivity index (χ0) is 14.7. The minimum absolute atomic E-state index is 0.0430. The average Bonchev–Trinajstić information content (AvgIpc) is 2.55. The number of hydrogen-bond acceptors (Lipinski definition) is 3. The molecular formula is C17H18N2O2. The Hall–Kier alpha value is -2.49. The van der Waals surface area contributed by atoms with Gasteiger partial charge in [-0.3, -0.25) is 4.79 Å². The van der Waals surface area contributed by atoms with Crippen LogP contribution >= 0.6 is 0 Å². The zero-order valence-electron chi connectivity index (χ0n) is 11.9. The summed E-state index contributed by atoms with van der Waals surface area (Å²) < 4.78 is 5.23. The first-order valence-electron chi connectivity index (χ1n) is 7.05. The van der Waals surface area contributed by atoms with E-state index in [1.807, 2.05) is 48.5 Å². The molecule has 4 nitrogen and oxygen atoms in total. The molecule has 0 spiro atoms. The van der Waals surface area contributed by atoms with Crippen LogP contribution in [0.25, 0.3) is 0 Å². The quantitative estimate of drug-likeness (QED) is 0.910. The third kappa shape index (κ3) is 2.99. The average molecular weight is 282 g/mol. The first-order valence-corrected chi connectivity index (χ1v) is 7.05. The molecule has 2 N–H and O–H groups in total.